The van der Waals surface area contributed by atoms with E-state index in [4.69, 9.17) is 16.3 Å². The summed E-state index contributed by atoms with van der Waals surface area (Å²) < 4.78 is 28.0. The molecule has 1 heterocycles. The summed E-state index contributed by atoms with van der Waals surface area (Å²) in [6.45, 7) is 1.15. The second kappa shape index (κ2) is 5.91. The van der Waals surface area contributed by atoms with Crippen molar-refractivity contribution in [1.82, 2.24) is 5.32 Å². The van der Waals surface area contributed by atoms with Gasteiger partial charge in [-0.3, -0.25) is 0 Å². The lowest BCUT2D eigenvalue weighted by Gasteiger charge is -2.11. The fourth-order valence-corrected chi connectivity index (χ4v) is 3.75. The van der Waals surface area contributed by atoms with E-state index < -0.39 is 9.84 Å². The van der Waals surface area contributed by atoms with Crippen molar-refractivity contribution in [2.24, 2.45) is 0 Å². The van der Waals surface area contributed by atoms with Crippen LogP contribution in [0.4, 0.5) is 0 Å². The summed E-state index contributed by atoms with van der Waals surface area (Å²) in [7, 11) is -2.81. The number of hydrogen-bond acceptors (Lipinski definition) is 4. The third kappa shape index (κ3) is 4.15. The molecule has 1 atom stereocenters. The van der Waals surface area contributed by atoms with Gasteiger partial charge in [0.1, 0.15) is 12.4 Å². The molecule has 6 heteroatoms. The Balaban J connectivity index is 1.66. The highest BCUT2D eigenvalue weighted by Gasteiger charge is 2.26. The molecule has 1 N–H and O–H groups in total. The standard InChI is InChI=1S/C12H16ClNO3S/c13-10-1-3-12(4-2-10)17-7-6-14-11-5-8-18(15,16)9-11/h1-4,11,14H,5-9H2. The van der Waals surface area contributed by atoms with Crippen LogP contribution in [0, 0.1) is 0 Å². The minimum atomic E-state index is -2.81. The maximum atomic E-state index is 11.2. The lowest BCUT2D eigenvalue weighted by Crippen LogP contribution is -2.33. The smallest absolute Gasteiger partial charge is 0.151 e. The zero-order valence-electron chi connectivity index (χ0n) is 9.93. The Morgan fingerprint density at radius 1 is 1.33 bits per heavy atom. The molecule has 1 aliphatic heterocycles. The maximum absolute atomic E-state index is 11.2. The summed E-state index contributed by atoms with van der Waals surface area (Å²) in [5.74, 6) is 1.30. The highest BCUT2D eigenvalue weighted by Crippen LogP contribution is 2.15. The van der Waals surface area contributed by atoms with E-state index in [1.165, 1.54) is 0 Å². The van der Waals surface area contributed by atoms with Crippen LogP contribution in [-0.4, -0.2) is 39.1 Å². The predicted molar refractivity (Wildman–Crippen MR) is 72.0 cm³/mol. The Morgan fingerprint density at radius 2 is 2.06 bits per heavy atom. The second-order valence-corrected chi connectivity index (χ2v) is 7.02. The molecule has 1 fully saturated rings. The van der Waals surface area contributed by atoms with Crippen molar-refractivity contribution >= 4 is 21.4 Å². The first-order valence-corrected chi connectivity index (χ1v) is 8.07. The van der Waals surface area contributed by atoms with Crippen LogP contribution in [0.1, 0.15) is 6.42 Å². The number of rotatable bonds is 5. The van der Waals surface area contributed by atoms with Crippen LogP contribution in [0.15, 0.2) is 24.3 Å². The third-order valence-corrected chi connectivity index (χ3v) is 4.87. The van der Waals surface area contributed by atoms with E-state index in [1.807, 2.05) is 12.1 Å². The Hall–Kier alpha value is -0.780. The molecule has 2 rings (SSSR count). The highest BCUT2D eigenvalue weighted by molar-refractivity contribution is 7.91. The van der Waals surface area contributed by atoms with Crippen LogP contribution in [0.5, 0.6) is 5.75 Å². The van der Waals surface area contributed by atoms with Gasteiger partial charge in [-0.2, -0.15) is 0 Å². The highest BCUT2D eigenvalue weighted by atomic mass is 35.5. The number of ether oxygens (including phenoxy) is 1. The molecule has 0 bridgehead atoms. The van der Waals surface area contributed by atoms with Gasteiger partial charge < -0.3 is 10.1 Å². The van der Waals surface area contributed by atoms with Gasteiger partial charge in [-0.25, -0.2) is 8.42 Å². The van der Waals surface area contributed by atoms with Gasteiger partial charge in [0.2, 0.25) is 0 Å². The molecule has 0 radical (unpaired) electrons. The molecule has 1 aliphatic rings. The summed E-state index contributed by atoms with van der Waals surface area (Å²) >= 11 is 5.76. The van der Waals surface area contributed by atoms with Gasteiger partial charge in [-0.05, 0) is 30.7 Å². The van der Waals surface area contributed by atoms with Crippen molar-refractivity contribution in [3.05, 3.63) is 29.3 Å². The summed E-state index contributed by atoms with van der Waals surface area (Å²) in [5.41, 5.74) is 0. The lowest BCUT2D eigenvalue weighted by molar-refractivity contribution is 0.307. The van der Waals surface area contributed by atoms with E-state index in [9.17, 15) is 8.42 Å². The van der Waals surface area contributed by atoms with Gasteiger partial charge in [0.25, 0.3) is 0 Å². The zero-order chi connectivity index (χ0) is 13.0. The Morgan fingerprint density at radius 3 is 2.67 bits per heavy atom. The van der Waals surface area contributed by atoms with Crippen LogP contribution in [-0.2, 0) is 9.84 Å². The third-order valence-electron chi connectivity index (χ3n) is 2.85. The largest absolute Gasteiger partial charge is 0.492 e. The van der Waals surface area contributed by atoms with Crippen molar-refractivity contribution in [3.63, 3.8) is 0 Å². The predicted octanol–water partition coefficient (Wildman–Crippen LogP) is 1.50. The molecular formula is C12H16ClNO3S. The van der Waals surface area contributed by atoms with Crippen molar-refractivity contribution in [3.8, 4) is 5.75 Å². The van der Waals surface area contributed by atoms with E-state index in [0.29, 0.717) is 30.3 Å². The zero-order valence-corrected chi connectivity index (χ0v) is 11.5. The maximum Gasteiger partial charge on any atom is 0.151 e. The lowest BCUT2D eigenvalue weighted by atomic mass is 10.3. The summed E-state index contributed by atoms with van der Waals surface area (Å²) in [5, 5.41) is 3.87. The van der Waals surface area contributed by atoms with E-state index >= 15 is 0 Å². The molecule has 1 saturated heterocycles. The van der Waals surface area contributed by atoms with Gasteiger partial charge in [0.05, 0.1) is 11.5 Å². The van der Waals surface area contributed by atoms with Crippen molar-refractivity contribution in [2.75, 3.05) is 24.7 Å². The Labute approximate surface area is 112 Å². The molecule has 0 amide bonds. The van der Waals surface area contributed by atoms with Crippen LogP contribution < -0.4 is 10.1 Å². The number of benzene rings is 1. The summed E-state index contributed by atoms with van der Waals surface area (Å²) in [4.78, 5) is 0. The Bertz CT molecular complexity index is 487. The molecule has 1 aromatic carbocycles. The summed E-state index contributed by atoms with van der Waals surface area (Å²) in [6, 6.07) is 7.23. The average molecular weight is 290 g/mol. The van der Waals surface area contributed by atoms with Crippen LogP contribution >= 0.6 is 11.6 Å². The van der Waals surface area contributed by atoms with Crippen molar-refractivity contribution < 1.29 is 13.2 Å². The van der Waals surface area contributed by atoms with Gasteiger partial charge in [-0.15, -0.1) is 0 Å². The first-order chi connectivity index (χ1) is 8.55. The molecule has 0 aromatic heterocycles. The Kier molecular flexibility index (Phi) is 4.48. The topological polar surface area (TPSA) is 55.4 Å². The number of nitrogens with one attached hydrogen (secondary N) is 1. The van der Waals surface area contributed by atoms with Gasteiger partial charge in [-0.1, -0.05) is 11.6 Å². The number of halogens is 1. The van der Waals surface area contributed by atoms with E-state index in [-0.39, 0.29) is 11.8 Å². The minimum Gasteiger partial charge on any atom is -0.492 e. The monoisotopic (exact) mass is 289 g/mol. The molecule has 100 valence electrons. The fourth-order valence-electron chi connectivity index (χ4n) is 1.92. The minimum absolute atomic E-state index is 0.0730. The molecule has 1 aromatic rings. The van der Waals surface area contributed by atoms with E-state index in [2.05, 4.69) is 5.32 Å². The molecular weight excluding hydrogens is 274 g/mol. The molecule has 0 aliphatic carbocycles. The number of hydrogen-bond donors (Lipinski definition) is 1. The average Bonchev–Trinajstić information content (AvgIpc) is 2.67. The van der Waals surface area contributed by atoms with Gasteiger partial charge in [0, 0.05) is 17.6 Å². The normalized spacial score (nSPS) is 21.9. The summed E-state index contributed by atoms with van der Waals surface area (Å²) in [6.07, 6.45) is 0.698. The van der Waals surface area contributed by atoms with Gasteiger partial charge >= 0.3 is 0 Å². The van der Waals surface area contributed by atoms with Crippen molar-refractivity contribution in [2.45, 2.75) is 12.5 Å². The van der Waals surface area contributed by atoms with Crippen LogP contribution in [0.3, 0.4) is 0 Å². The van der Waals surface area contributed by atoms with Crippen LogP contribution in [0.2, 0.25) is 5.02 Å². The fraction of sp³-hybridized carbons (Fsp3) is 0.500. The number of sulfone groups is 1. The first-order valence-electron chi connectivity index (χ1n) is 5.87. The van der Waals surface area contributed by atoms with Crippen LogP contribution in [0.25, 0.3) is 0 Å². The van der Waals surface area contributed by atoms with E-state index in [1.54, 1.807) is 12.1 Å². The van der Waals surface area contributed by atoms with E-state index in [0.717, 1.165) is 5.75 Å². The molecule has 18 heavy (non-hydrogen) atoms. The van der Waals surface area contributed by atoms with Crippen molar-refractivity contribution in [1.29, 1.82) is 0 Å². The molecule has 0 spiro atoms. The first kappa shape index (κ1) is 13.6. The van der Waals surface area contributed by atoms with Gasteiger partial charge in [0.15, 0.2) is 9.84 Å². The molecule has 4 nitrogen and oxygen atoms in total. The second-order valence-electron chi connectivity index (χ2n) is 4.36. The molecule has 1 unspecified atom stereocenters. The molecule has 0 saturated carbocycles. The quantitative estimate of drug-likeness (QED) is 0.835. The SMILES string of the molecule is O=S1(=O)CCC(NCCOc2ccc(Cl)cc2)C1.